The molecule has 0 amide bonds. The van der Waals surface area contributed by atoms with Crippen LogP contribution in [0.4, 0.5) is 0 Å². The van der Waals surface area contributed by atoms with Crippen LogP contribution < -0.4 is 0 Å². The fourth-order valence-electron chi connectivity index (χ4n) is 1.34. The van der Waals surface area contributed by atoms with Crippen LogP contribution in [-0.4, -0.2) is 20.4 Å². The van der Waals surface area contributed by atoms with E-state index in [2.05, 4.69) is 6.92 Å². The molecule has 0 saturated carbocycles. The lowest BCUT2D eigenvalue weighted by Crippen LogP contribution is -1.93. The molecule has 2 nitrogen and oxygen atoms in total. The number of unbranched alkanes of at least 4 members (excludes halogenated alkanes) is 6. The van der Waals surface area contributed by atoms with Gasteiger partial charge in [0, 0.05) is 13.8 Å². The second kappa shape index (κ2) is 9.77. The van der Waals surface area contributed by atoms with Crippen LogP contribution >= 0.6 is 6.49 Å². The van der Waals surface area contributed by atoms with Crippen LogP contribution in [-0.2, 0) is 20.9 Å². The maximum Gasteiger partial charge on any atom is 0.185 e. The highest BCUT2D eigenvalue weighted by atomic mass is 32.5. The summed E-state index contributed by atoms with van der Waals surface area (Å²) in [6, 6.07) is 0. The molecule has 0 radical (unpaired) electrons. The van der Waals surface area contributed by atoms with E-state index < -0.39 is 6.49 Å². The van der Waals surface area contributed by atoms with E-state index in [9.17, 15) is 0 Å². The van der Waals surface area contributed by atoms with Gasteiger partial charge in [-0.3, -0.25) is 0 Å². The largest absolute Gasteiger partial charge is 0.333 e. The summed E-state index contributed by atoms with van der Waals surface area (Å²) >= 11 is 5.15. The highest BCUT2D eigenvalue weighted by molar-refractivity contribution is 8.09. The molecule has 15 heavy (non-hydrogen) atoms. The molecule has 0 saturated heterocycles. The molecule has 0 fully saturated rings. The van der Waals surface area contributed by atoms with Crippen molar-refractivity contribution in [3.05, 3.63) is 0 Å². The van der Waals surface area contributed by atoms with Gasteiger partial charge in [-0.05, 0) is 18.2 Å². The highest BCUT2D eigenvalue weighted by Crippen LogP contribution is 2.43. The maximum atomic E-state index is 5.51. The van der Waals surface area contributed by atoms with E-state index in [1.807, 2.05) is 6.66 Å². The minimum atomic E-state index is -1.91. The Bertz CT molecular complexity index is 185. The minimum Gasteiger partial charge on any atom is -0.333 e. The Hall–Kier alpha value is 0.570. The van der Waals surface area contributed by atoms with E-state index in [-0.39, 0.29) is 0 Å². The minimum absolute atomic E-state index is 0.759. The van der Waals surface area contributed by atoms with Gasteiger partial charge in [-0.15, -0.1) is 0 Å². The molecule has 0 spiro atoms. The van der Waals surface area contributed by atoms with Crippen LogP contribution in [0.2, 0.25) is 0 Å². The van der Waals surface area contributed by atoms with Crippen molar-refractivity contribution < 1.29 is 9.05 Å². The lowest BCUT2D eigenvalue weighted by Gasteiger charge is -2.14. The number of hydrogen-bond donors (Lipinski definition) is 0. The van der Waals surface area contributed by atoms with Gasteiger partial charge in [-0.1, -0.05) is 45.4 Å². The van der Waals surface area contributed by atoms with Crippen molar-refractivity contribution in [3.63, 3.8) is 0 Å². The predicted octanol–water partition coefficient (Wildman–Crippen LogP) is 4.34. The van der Waals surface area contributed by atoms with E-state index in [1.165, 1.54) is 38.5 Å². The molecule has 0 aromatic rings. The summed E-state index contributed by atoms with van der Waals surface area (Å²) in [5.41, 5.74) is 0. The average molecular weight is 252 g/mol. The van der Waals surface area contributed by atoms with Crippen LogP contribution in [0.25, 0.3) is 0 Å². The molecular formula is C11H25O2PS. The SMILES string of the molecule is CCCCCCCCCOP(C)(=S)OC. The molecule has 0 bridgehead atoms. The van der Waals surface area contributed by atoms with E-state index in [0.29, 0.717) is 0 Å². The monoisotopic (exact) mass is 252 g/mol. The highest BCUT2D eigenvalue weighted by Gasteiger charge is 2.07. The normalized spacial score (nSPS) is 15.1. The third-order valence-corrected chi connectivity index (χ3v) is 4.48. The zero-order chi connectivity index (χ0) is 11.6. The standard InChI is InChI=1S/C11H25O2PS/c1-4-5-6-7-8-9-10-11-13-14(3,15)12-2/h4-11H2,1-3H3. The average Bonchev–Trinajstić information content (AvgIpc) is 2.22. The number of hydrogen-bond acceptors (Lipinski definition) is 3. The Morgan fingerprint density at radius 3 is 2.07 bits per heavy atom. The molecule has 0 aromatic heterocycles. The van der Waals surface area contributed by atoms with Gasteiger partial charge in [0.25, 0.3) is 0 Å². The first-order valence-electron chi connectivity index (χ1n) is 5.90. The lowest BCUT2D eigenvalue weighted by atomic mass is 10.1. The van der Waals surface area contributed by atoms with Crippen molar-refractivity contribution in [3.8, 4) is 0 Å². The lowest BCUT2D eigenvalue weighted by molar-refractivity contribution is 0.277. The van der Waals surface area contributed by atoms with Gasteiger partial charge < -0.3 is 9.05 Å². The molecule has 0 rings (SSSR count). The Morgan fingerprint density at radius 1 is 1.00 bits per heavy atom. The van der Waals surface area contributed by atoms with Crippen LogP contribution in [0, 0.1) is 0 Å². The van der Waals surface area contributed by atoms with E-state index in [1.54, 1.807) is 7.11 Å². The third-order valence-electron chi connectivity index (χ3n) is 2.41. The van der Waals surface area contributed by atoms with Crippen LogP contribution in [0.1, 0.15) is 51.9 Å². The van der Waals surface area contributed by atoms with Gasteiger partial charge >= 0.3 is 0 Å². The van der Waals surface area contributed by atoms with E-state index in [0.717, 1.165) is 13.0 Å². The quantitative estimate of drug-likeness (QED) is 0.425. The van der Waals surface area contributed by atoms with Crippen molar-refractivity contribution in [2.75, 3.05) is 20.4 Å². The summed E-state index contributed by atoms with van der Waals surface area (Å²) < 4.78 is 10.6. The summed E-state index contributed by atoms with van der Waals surface area (Å²) in [5, 5.41) is 0. The van der Waals surface area contributed by atoms with Crippen molar-refractivity contribution in [2.24, 2.45) is 0 Å². The fourth-order valence-corrected chi connectivity index (χ4v) is 2.13. The Morgan fingerprint density at radius 2 is 1.53 bits per heavy atom. The van der Waals surface area contributed by atoms with Gasteiger partial charge in [0.1, 0.15) is 0 Å². The molecule has 0 N–H and O–H groups in total. The van der Waals surface area contributed by atoms with Gasteiger partial charge in [0.2, 0.25) is 0 Å². The summed E-state index contributed by atoms with van der Waals surface area (Å²) in [7, 11) is 1.63. The smallest absolute Gasteiger partial charge is 0.185 e. The maximum absolute atomic E-state index is 5.51. The first-order valence-corrected chi connectivity index (χ1v) is 8.98. The summed E-state index contributed by atoms with van der Waals surface area (Å²) in [6.07, 6.45) is 9.11. The predicted molar refractivity (Wildman–Crippen MR) is 71.2 cm³/mol. The Labute approximate surface area is 99.9 Å². The molecule has 1 unspecified atom stereocenters. The van der Waals surface area contributed by atoms with Crippen molar-refractivity contribution in [2.45, 2.75) is 51.9 Å². The summed E-state index contributed by atoms with van der Waals surface area (Å²) in [5.74, 6) is 0. The Kier molecular flexibility index (Phi) is 10.1. The first kappa shape index (κ1) is 15.6. The van der Waals surface area contributed by atoms with Crippen LogP contribution in [0.5, 0.6) is 0 Å². The van der Waals surface area contributed by atoms with Gasteiger partial charge in [-0.2, -0.15) is 0 Å². The molecule has 0 aliphatic carbocycles. The van der Waals surface area contributed by atoms with Crippen molar-refractivity contribution in [1.29, 1.82) is 0 Å². The zero-order valence-electron chi connectivity index (χ0n) is 10.3. The van der Waals surface area contributed by atoms with Crippen molar-refractivity contribution >= 4 is 18.3 Å². The van der Waals surface area contributed by atoms with Crippen molar-refractivity contribution in [1.82, 2.24) is 0 Å². The molecule has 1 atom stereocenters. The second-order valence-electron chi connectivity index (χ2n) is 3.91. The van der Waals surface area contributed by atoms with E-state index in [4.69, 9.17) is 20.9 Å². The topological polar surface area (TPSA) is 18.5 Å². The Balaban J connectivity index is 3.15. The molecular weight excluding hydrogens is 227 g/mol. The zero-order valence-corrected chi connectivity index (χ0v) is 12.0. The number of rotatable bonds is 10. The molecule has 4 heteroatoms. The van der Waals surface area contributed by atoms with E-state index >= 15 is 0 Å². The molecule has 0 aromatic carbocycles. The van der Waals surface area contributed by atoms with Crippen LogP contribution in [0.15, 0.2) is 0 Å². The van der Waals surface area contributed by atoms with Gasteiger partial charge in [0.05, 0.1) is 6.61 Å². The van der Waals surface area contributed by atoms with Crippen LogP contribution in [0.3, 0.4) is 0 Å². The second-order valence-corrected chi connectivity index (χ2v) is 8.06. The summed E-state index contributed by atoms with van der Waals surface area (Å²) in [6.45, 7) is 2.97. The third kappa shape index (κ3) is 10.8. The molecule has 0 heterocycles. The first-order chi connectivity index (χ1) is 7.12. The fraction of sp³-hybridized carbons (Fsp3) is 1.00. The summed E-state index contributed by atoms with van der Waals surface area (Å²) in [4.78, 5) is 0. The van der Waals surface area contributed by atoms with Gasteiger partial charge in [-0.25, -0.2) is 0 Å². The molecule has 0 aliphatic rings. The molecule has 92 valence electrons. The molecule has 0 aliphatic heterocycles. The van der Waals surface area contributed by atoms with Gasteiger partial charge in [0.15, 0.2) is 6.49 Å².